The smallest absolute Gasteiger partial charge is 0.241 e. The summed E-state index contributed by atoms with van der Waals surface area (Å²) in [6.45, 7) is 4.34. The summed E-state index contributed by atoms with van der Waals surface area (Å²) in [6.07, 6.45) is 5.33. The Hall–Kier alpha value is -0.0800. The number of sulfonamides is 1. The number of thioether (sulfide) groups is 1. The van der Waals surface area contributed by atoms with Gasteiger partial charge in [0.1, 0.15) is 0 Å². The molecule has 1 aromatic rings. The third-order valence-corrected chi connectivity index (χ3v) is 7.38. The van der Waals surface area contributed by atoms with E-state index in [0.29, 0.717) is 11.4 Å². The van der Waals surface area contributed by atoms with E-state index in [1.165, 1.54) is 11.3 Å². The van der Waals surface area contributed by atoms with Gasteiger partial charge in [0.25, 0.3) is 0 Å². The molecule has 2 N–H and O–H groups in total. The van der Waals surface area contributed by atoms with E-state index in [1.807, 2.05) is 6.26 Å². The van der Waals surface area contributed by atoms with E-state index in [-0.39, 0.29) is 4.75 Å². The molecule has 0 radical (unpaired) electrons. The monoisotopic (exact) mass is 334 g/mol. The summed E-state index contributed by atoms with van der Waals surface area (Å²) in [4.78, 5) is 1.46. The fourth-order valence-corrected chi connectivity index (χ4v) is 5.08. The summed E-state index contributed by atoms with van der Waals surface area (Å²) in [5.74, 6) is 0. The zero-order valence-corrected chi connectivity index (χ0v) is 14.4. The van der Waals surface area contributed by atoms with Gasteiger partial charge in [0.05, 0.1) is 4.90 Å². The van der Waals surface area contributed by atoms with Crippen molar-refractivity contribution in [3.8, 4) is 0 Å². The van der Waals surface area contributed by atoms with E-state index < -0.39 is 10.0 Å². The molecule has 2 rings (SSSR count). The molecule has 20 heavy (non-hydrogen) atoms. The Labute approximate surface area is 129 Å². The van der Waals surface area contributed by atoms with Crippen LogP contribution < -0.4 is 10.0 Å². The Morgan fingerprint density at radius 2 is 2.20 bits per heavy atom. The molecule has 0 saturated heterocycles. The summed E-state index contributed by atoms with van der Waals surface area (Å²) in [7, 11) is -3.35. The van der Waals surface area contributed by atoms with Gasteiger partial charge in [-0.2, -0.15) is 11.8 Å². The van der Waals surface area contributed by atoms with Crippen LogP contribution in [0.5, 0.6) is 0 Å². The summed E-state index contributed by atoms with van der Waals surface area (Å²) in [6, 6.07) is 1.77. The van der Waals surface area contributed by atoms with Gasteiger partial charge in [-0.15, -0.1) is 11.3 Å². The maximum Gasteiger partial charge on any atom is 0.241 e. The minimum atomic E-state index is -3.35. The predicted octanol–water partition coefficient (Wildman–Crippen LogP) is 2.42. The second-order valence-electron chi connectivity index (χ2n) is 5.14. The maximum absolute atomic E-state index is 12.2. The van der Waals surface area contributed by atoms with Crippen LogP contribution in [0.25, 0.3) is 0 Å². The van der Waals surface area contributed by atoms with Gasteiger partial charge in [-0.05, 0) is 38.1 Å². The van der Waals surface area contributed by atoms with E-state index in [1.54, 1.807) is 23.2 Å². The van der Waals surface area contributed by atoms with Gasteiger partial charge in [0.2, 0.25) is 10.0 Å². The van der Waals surface area contributed by atoms with Gasteiger partial charge in [0, 0.05) is 28.1 Å². The van der Waals surface area contributed by atoms with E-state index in [9.17, 15) is 8.42 Å². The summed E-state index contributed by atoms with van der Waals surface area (Å²) in [5.41, 5.74) is 0. The topological polar surface area (TPSA) is 58.2 Å². The van der Waals surface area contributed by atoms with Crippen LogP contribution in [0.2, 0.25) is 0 Å². The predicted molar refractivity (Wildman–Crippen MR) is 87.0 cm³/mol. The Balaban J connectivity index is 1.92. The van der Waals surface area contributed by atoms with Gasteiger partial charge < -0.3 is 5.32 Å². The molecule has 114 valence electrons. The number of hydrogen-bond donors (Lipinski definition) is 2. The lowest BCUT2D eigenvalue weighted by molar-refractivity contribution is 0.580. The van der Waals surface area contributed by atoms with Crippen LogP contribution in [0, 0.1) is 0 Å². The molecule has 0 aliphatic heterocycles. The van der Waals surface area contributed by atoms with Crippen LogP contribution in [0.3, 0.4) is 0 Å². The Bertz CT molecular complexity index is 536. The summed E-state index contributed by atoms with van der Waals surface area (Å²) in [5, 5.41) is 5.01. The largest absolute Gasteiger partial charge is 0.312 e. The van der Waals surface area contributed by atoms with Gasteiger partial charge in [-0.3, -0.25) is 0 Å². The van der Waals surface area contributed by atoms with Crippen LogP contribution in [0.4, 0.5) is 0 Å². The molecule has 4 nitrogen and oxygen atoms in total. The number of thiophene rings is 1. The Morgan fingerprint density at radius 1 is 1.45 bits per heavy atom. The zero-order chi connectivity index (χ0) is 14.6. The van der Waals surface area contributed by atoms with Gasteiger partial charge in [-0.1, -0.05) is 6.92 Å². The molecule has 7 heteroatoms. The maximum atomic E-state index is 12.2. The lowest BCUT2D eigenvalue weighted by atomic mass is 10.4. The van der Waals surface area contributed by atoms with Gasteiger partial charge in [-0.25, -0.2) is 13.1 Å². The first-order valence-corrected chi connectivity index (χ1v) is 10.4. The van der Waals surface area contributed by atoms with Crippen molar-refractivity contribution in [1.82, 2.24) is 10.0 Å². The fraction of sp³-hybridized carbons (Fsp3) is 0.692. The molecule has 1 saturated carbocycles. The Kier molecular flexibility index (Phi) is 5.53. The molecular weight excluding hydrogens is 312 g/mol. The third-order valence-electron chi connectivity index (χ3n) is 3.49. The molecule has 1 aromatic heterocycles. The summed E-state index contributed by atoms with van der Waals surface area (Å²) < 4.78 is 27.4. The van der Waals surface area contributed by atoms with Gasteiger partial charge >= 0.3 is 0 Å². The van der Waals surface area contributed by atoms with E-state index in [2.05, 4.69) is 17.0 Å². The van der Waals surface area contributed by atoms with Crippen molar-refractivity contribution < 1.29 is 8.42 Å². The number of hydrogen-bond acceptors (Lipinski definition) is 5. The van der Waals surface area contributed by atoms with Crippen molar-refractivity contribution in [3.63, 3.8) is 0 Å². The van der Waals surface area contributed by atoms with E-state index in [0.717, 1.165) is 37.2 Å². The van der Waals surface area contributed by atoms with Crippen molar-refractivity contribution >= 4 is 33.1 Å². The Morgan fingerprint density at radius 3 is 2.80 bits per heavy atom. The fourth-order valence-electron chi connectivity index (χ4n) is 1.88. The first kappa shape index (κ1) is 16.3. The molecule has 0 aromatic carbocycles. The summed E-state index contributed by atoms with van der Waals surface area (Å²) >= 11 is 3.25. The molecule has 1 heterocycles. The van der Waals surface area contributed by atoms with Crippen molar-refractivity contribution in [2.24, 2.45) is 0 Å². The highest BCUT2D eigenvalue weighted by atomic mass is 32.2. The third kappa shape index (κ3) is 4.21. The second kappa shape index (κ2) is 6.79. The van der Waals surface area contributed by atoms with Crippen molar-refractivity contribution in [1.29, 1.82) is 0 Å². The van der Waals surface area contributed by atoms with Gasteiger partial charge in [0.15, 0.2) is 0 Å². The minimum Gasteiger partial charge on any atom is -0.312 e. The zero-order valence-electron chi connectivity index (χ0n) is 11.9. The van der Waals surface area contributed by atoms with Crippen molar-refractivity contribution in [2.75, 3.05) is 19.3 Å². The number of nitrogens with one attached hydrogen (secondary N) is 2. The average molecular weight is 335 g/mol. The van der Waals surface area contributed by atoms with Crippen LogP contribution >= 0.6 is 23.1 Å². The average Bonchev–Trinajstić information content (AvgIpc) is 3.06. The lowest BCUT2D eigenvalue weighted by Gasteiger charge is -2.12. The highest BCUT2D eigenvalue weighted by Crippen LogP contribution is 2.46. The van der Waals surface area contributed by atoms with E-state index in [4.69, 9.17) is 0 Å². The molecule has 0 amide bonds. The highest BCUT2D eigenvalue weighted by Gasteiger charge is 2.42. The van der Waals surface area contributed by atoms with Crippen LogP contribution in [-0.2, 0) is 16.6 Å². The molecule has 0 bridgehead atoms. The lowest BCUT2D eigenvalue weighted by Crippen LogP contribution is -2.31. The van der Waals surface area contributed by atoms with Crippen LogP contribution in [-0.4, -0.2) is 32.5 Å². The first-order chi connectivity index (χ1) is 9.51. The molecule has 0 atom stereocenters. The van der Waals surface area contributed by atoms with E-state index >= 15 is 0 Å². The van der Waals surface area contributed by atoms with Crippen molar-refractivity contribution in [3.05, 3.63) is 16.3 Å². The normalized spacial score (nSPS) is 17.3. The molecule has 0 unspecified atom stereocenters. The second-order valence-corrected chi connectivity index (χ2v) is 9.17. The van der Waals surface area contributed by atoms with Crippen LogP contribution in [0.1, 0.15) is 31.1 Å². The molecular formula is C13H22N2O2S3. The molecule has 1 aliphatic carbocycles. The minimum absolute atomic E-state index is 0.147. The van der Waals surface area contributed by atoms with Crippen LogP contribution in [0.15, 0.2) is 16.3 Å². The highest BCUT2D eigenvalue weighted by molar-refractivity contribution is 8.00. The standard InChI is InChI=1S/C13H22N2O2S3/c1-3-6-14-8-11-7-12(9-19-11)20(16,17)15-10-13(18-2)4-5-13/h7,9,14-15H,3-6,8,10H2,1-2H3. The van der Waals surface area contributed by atoms with Crippen molar-refractivity contribution in [2.45, 2.75) is 42.4 Å². The first-order valence-electron chi connectivity index (χ1n) is 6.84. The SMILES string of the molecule is CCCNCc1cc(S(=O)(=O)NCC2(SC)CC2)cs1. The quantitative estimate of drug-likeness (QED) is 0.681. The molecule has 1 aliphatic rings. The molecule has 0 spiro atoms. The number of rotatable bonds is 9. The molecule has 1 fully saturated rings.